The molecule has 72 valence electrons. The zero-order valence-corrected chi connectivity index (χ0v) is 8.60. The standard InChI is InChI=1S/C11H23N/c1-3-8-12-9-11-6-4-10(2)5-7-11/h10-12H,3-9H2,1-2H3. The lowest BCUT2D eigenvalue weighted by Crippen LogP contribution is -2.26. The van der Waals surface area contributed by atoms with Crippen molar-refractivity contribution in [3.63, 3.8) is 0 Å². The van der Waals surface area contributed by atoms with Gasteiger partial charge in [-0.15, -0.1) is 0 Å². The first-order chi connectivity index (χ1) is 5.83. The third kappa shape index (κ3) is 3.57. The maximum Gasteiger partial charge on any atom is -0.00205 e. The normalized spacial score (nSPS) is 30.5. The van der Waals surface area contributed by atoms with Crippen LogP contribution < -0.4 is 5.32 Å². The number of rotatable bonds is 4. The van der Waals surface area contributed by atoms with Crippen LogP contribution in [0, 0.1) is 11.8 Å². The van der Waals surface area contributed by atoms with Crippen molar-refractivity contribution < 1.29 is 0 Å². The Morgan fingerprint density at radius 2 is 1.83 bits per heavy atom. The molecule has 1 aliphatic rings. The van der Waals surface area contributed by atoms with E-state index in [1.165, 1.54) is 45.2 Å². The second-order valence-corrected chi connectivity index (χ2v) is 4.33. The van der Waals surface area contributed by atoms with Crippen molar-refractivity contribution in [1.82, 2.24) is 5.32 Å². The van der Waals surface area contributed by atoms with Gasteiger partial charge in [0.2, 0.25) is 0 Å². The van der Waals surface area contributed by atoms with Gasteiger partial charge in [-0.3, -0.25) is 0 Å². The third-order valence-electron chi connectivity index (χ3n) is 3.00. The highest BCUT2D eigenvalue weighted by Crippen LogP contribution is 2.27. The quantitative estimate of drug-likeness (QED) is 0.638. The molecular formula is C11H23N. The number of hydrogen-bond donors (Lipinski definition) is 1. The lowest BCUT2D eigenvalue weighted by atomic mass is 9.83. The summed E-state index contributed by atoms with van der Waals surface area (Å²) in [5.41, 5.74) is 0. The number of nitrogens with one attached hydrogen (secondary N) is 1. The largest absolute Gasteiger partial charge is 0.316 e. The van der Waals surface area contributed by atoms with Gasteiger partial charge in [0.15, 0.2) is 0 Å². The molecule has 0 aromatic heterocycles. The van der Waals surface area contributed by atoms with Crippen LogP contribution >= 0.6 is 0 Å². The summed E-state index contributed by atoms with van der Waals surface area (Å²) in [6.45, 7) is 7.08. The van der Waals surface area contributed by atoms with E-state index >= 15 is 0 Å². The molecule has 12 heavy (non-hydrogen) atoms. The van der Waals surface area contributed by atoms with Gasteiger partial charge in [0.1, 0.15) is 0 Å². The fourth-order valence-corrected chi connectivity index (χ4v) is 2.02. The lowest BCUT2D eigenvalue weighted by molar-refractivity contribution is 0.282. The van der Waals surface area contributed by atoms with Gasteiger partial charge in [0.25, 0.3) is 0 Å². The molecule has 0 aromatic rings. The minimum absolute atomic E-state index is 0.979. The van der Waals surface area contributed by atoms with Crippen molar-refractivity contribution in [2.45, 2.75) is 46.0 Å². The van der Waals surface area contributed by atoms with E-state index in [1.54, 1.807) is 0 Å². The van der Waals surface area contributed by atoms with Crippen molar-refractivity contribution in [2.24, 2.45) is 11.8 Å². The van der Waals surface area contributed by atoms with Gasteiger partial charge >= 0.3 is 0 Å². The second-order valence-electron chi connectivity index (χ2n) is 4.33. The highest BCUT2D eigenvalue weighted by atomic mass is 14.8. The summed E-state index contributed by atoms with van der Waals surface area (Å²) in [6, 6.07) is 0. The van der Waals surface area contributed by atoms with E-state index in [-0.39, 0.29) is 0 Å². The first-order valence-corrected chi connectivity index (χ1v) is 5.53. The van der Waals surface area contributed by atoms with Crippen molar-refractivity contribution in [1.29, 1.82) is 0 Å². The Labute approximate surface area is 76.9 Å². The molecule has 1 saturated carbocycles. The van der Waals surface area contributed by atoms with Gasteiger partial charge in [0, 0.05) is 0 Å². The molecule has 0 radical (unpaired) electrons. The van der Waals surface area contributed by atoms with Gasteiger partial charge in [-0.25, -0.2) is 0 Å². The van der Waals surface area contributed by atoms with E-state index in [0.29, 0.717) is 0 Å². The van der Waals surface area contributed by atoms with Crippen LogP contribution in [0.15, 0.2) is 0 Å². The molecule has 0 spiro atoms. The SMILES string of the molecule is CCCNCC1CCC(C)CC1. The van der Waals surface area contributed by atoms with Crippen LogP contribution in [-0.4, -0.2) is 13.1 Å². The summed E-state index contributed by atoms with van der Waals surface area (Å²) in [6.07, 6.45) is 7.09. The van der Waals surface area contributed by atoms with Crippen LogP contribution in [0.5, 0.6) is 0 Å². The molecule has 0 heterocycles. The summed E-state index contributed by atoms with van der Waals surface area (Å²) in [5, 5.41) is 3.52. The third-order valence-corrected chi connectivity index (χ3v) is 3.00. The first kappa shape index (κ1) is 10.0. The van der Waals surface area contributed by atoms with Crippen LogP contribution in [0.4, 0.5) is 0 Å². The van der Waals surface area contributed by atoms with E-state index < -0.39 is 0 Å². The molecule has 1 rings (SSSR count). The Balaban J connectivity index is 2.01. The summed E-state index contributed by atoms with van der Waals surface area (Å²) >= 11 is 0. The van der Waals surface area contributed by atoms with E-state index in [0.717, 1.165) is 11.8 Å². The van der Waals surface area contributed by atoms with Crippen LogP contribution in [0.1, 0.15) is 46.0 Å². The lowest BCUT2D eigenvalue weighted by Gasteiger charge is -2.26. The first-order valence-electron chi connectivity index (χ1n) is 5.53. The molecule has 0 saturated heterocycles. The van der Waals surface area contributed by atoms with Crippen LogP contribution in [0.25, 0.3) is 0 Å². The molecule has 0 aliphatic heterocycles. The predicted molar refractivity (Wildman–Crippen MR) is 54.3 cm³/mol. The average molecular weight is 169 g/mol. The summed E-state index contributed by atoms with van der Waals surface area (Å²) in [5.74, 6) is 1.97. The van der Waals surface area contributed by atoms with E-state index in [9.17, 15) is 0 Å². The summed E-state index contributed by atoms with van der Waals surface area (Å²) in [4.78, 5) is 0. The highest BCUT2D eigenvalue weighted by Gasteiger charge is 2.17. The smallest absolute Gasteiger partial charge is 0.00205 e. The van der Waals surface area contributed by atoms with Crippen LogP contribution in [0.3, 0.4) is 0 Å². The molecule has 0 bridgehead atoms. The molecular weight excluding hydrogens is 146 g/mol. The zero-order valence-electron chi connectivity index (χ0n) is 8.60. The fourth-order valence-electron chi connectivity index (χ4n) is 2.02. The van der Waals surface area contributed by atoms with Crippen molar-refractivity contribution in [3.8, 4) is 0 Å². The van der Waals surface area contributed by atoms with Gasteiger partial charge < -0.3 is 5.32 Å². The maximum atomic E-state index is 3.52. The molecule has 0 aromatic carbocycles. The summed E-state index contributed by atoms with van der Waals surface area (Å²) in [7, 11) is 0. The Morgan fingerprint density at radius 3 is 2.42 bits per heavy atom. The maximum absolute atomic E-state index is 3.52. The average Bonchev–Trinajstić information content (AvgIpc) is 2.09. The molecule has 1 heteroatoms. The monoisotopic (exact) mass is 169 g/mol. The fraction of sp³-hybridized carbons (Fsp3) is 1.00. The van der Waals surface area contributed by atoms with Crippen molar-refractivity contribution in [2.75, 3.05) is 13.1 Å². The van der Waals surface area contributed by atoms with Gasteiger partial charge in [-0.1, -0.05) is 26.7 Å². The molecule has 0 unspecified atom stereocenters. The Bertz CT molecular complexity index is 104. The summed E-state index contributed by atoms with van der Waals surface area (Å²) < 4.78 is 0. The highest BCUT2D eigenvalue weighted by molar-refractivity contribution is 4.71. The molecule has 0 amide bonds. The Hall–Kier alpha value is -0.0400. The Morgan fingerprint density at radius 1 is 1.17 bits per heavy atom. The van der Waals surface area contributed by atoms with Crippen LogP contribution in [-0.2, 0) is 0 Å². The predicted octanol–water partition coefficient (Wildman–Crippen LogP) is 2.81. The van der Waals surface area contributed by atoms with E-state index in [4.69, 9.17) is 0 Å². The molecule has 0 atom stereocenters. The van der Waals surface area contributed by atoms with Crippen molar-refractivity contribution in [3.05, 3.63) is 0 Å². The van der Waals surface area contributed by atoms with Crippen LogP contribution in [0.2, 0.25) is 0 Å². The van der Waals surface area contributed by atoms with Gasteiger partial charge in [-0.2, -0.15) is 0 Å². The second kappa shape index (κ2) is 5.58. The van der Waals surface area contributed by atoms with Gasteiger partial charge in [-0.05, 0) is 44.2 Å². The molecule has 1 aliphatic carbocycles. The molecule has 1 fully saturated rings. The molecule has 1 nitrogen and oxygen atoms in total. The topological polar surface area (TPSA) is 12.0 Å². The van der Waals surface area contributed by atoms with E-state index in [2.05, 4.69) is 19.2 Å². The van der Waals surface area contributed by atoms with E-state index in [1.807, 2.05) is 0 Å². The molecule has 1 N–H and O–H groups in total. The Kier molecular flexibility index (Phi) is 4.67. The minimum atomic E-state index is 0.979. The van der Waals surface area contributed by atoms with Crippen molar-refractivity contribution >= 4 is 0 Å². The zero-order chi connectivity index (χ0) is 8.81. The number of hydrogen-bond acceptors (Lipinski definition) is 1. The van der Waals surface area contributed by atoms with Gasteiger partial charge in [0.05, 0.1) is 0 Å². The minimum Gasteiger partial charge on any atom is -0.316 e.